The highest BCUT2D eigenvalue weighted by atomic mass is 15.4. The average Bonchev–Trinajstić information content (AvgIpc) is 3.24. The van der Waals surface area contributed by atoms with E-state index in [0.717, 1.165) is 66.2 Å². The smallest absolute Gasteiger partial charge is 0.254 e. The summed E-state index contributed by atoms with van der Waals surface area (Å²) in [4.78, 5) is 27.1. The number of aromatic nitrogens is 7. The molecule has 5 heterocycles. The van der Waals surface area contributed by atoms with E-state index in [2.05, 4.69) is 47.8 Å². The Hall–Kier alpha value is -3.62. The molecule has 4 aromatic rings. The van der Waals surface area contributed by atoms with Gasteiger partial charge in [0.05, 0.1) is 0 Å². The molecule has 0 N–H and O–H groups in total. The van der Waals surface area contributed by atoms with Crippen molar-refractivity contribution < 1.29 is 0 Å². The van der Waals surface area contributed by atoms with Gasteiger partial charge in [0.15, 0.2) is 5.82 Å². The maximum Gasteiger partial charge on any atom is 0.254 e. The van der Waals surface area contributed by atoms with Crippen molar-refractivity contribution in [2.45, 2.75) is 20.8 Å². The first-order valence-corrected chi connectivity index (χ1v) is 10.0. The Labute approximate surface area is 174 Å². The van der Waals surface area contributed by atoms with E-state index in [9.17, 15) is 0 Å². The number of fused-ring (bicyclic) bond motifs is 1. The molecule has 1 fully saturated rings. The van der Waals surface area contributed by atoms with Crippen LogP contribution in [0.2, 0.25) is 0 Å². The summed E-state index contributed by atoms with van der Waals surface area (Å²) < 4.78 is 1.81. The van der Waals surface area contributed by atoms with Crippen molar-refractivity contribution in [2.75, 3.05) is 36.0 Å². The first kappa shape index (κ1) is 18.4. The average molecular weight is 401 g/mol. The molecule has 0 atom stereocenters. The third kappa shape index (κ3) is 3.22. The maximum atomic E-state index is 4.90. The van der Waals surface area contributed by atoms with Crippen LogP contribution in [0.25, 0.3) is 17.2 Å². The monoisotopic (exact) mass is 401 g/mol. The topological polar surface area (TPSA) is 88.2 Å². The van der Waals surface area contributed by atoms with Crippen LogP contribution in [0.5, 0.6) is 0 Å². The molecule has 9 heteroatoms. The molecule has 0 bridgehead atoms. The van der Waals surface area contributed by atoms with Crippen LogP contribution in [0, 0.1) is 20.8 Å². The Morgan fingerprint density at radius 3 is 2.50 bits per heavy atom. The van der Waals surface area contributed by atoms with Crippen LogP contribution < -0.4 is 9.80 Å². The third-order valence-electron chi connectivity index (χ3n) is 5.55. The van der Waals surface area contributed by atoms with Crippen LogP contribution in [-0.2, 0) is 0 Å². The predicted octanol–water partition coefficient (Wildman–Crippen LogP) is 2.23. The Morgan fingerprint density at radius 2 is 1.73 bits per heavy atom. The van der Waals surface area contributed by atoms with E-state index >= 15 is 0 Å². The molecule has 4 aromatic heterocycles. The molecule has 0 saturated carbocycles. The number of rotatable bonds is 3. The van der Waals surface area contributed by atoms with E-state index in [1.54, 1.807) is 18.7 Å². The Bertz CT molecular complexity index is 1190. The normalized spacial score (nSPS) is 14.5. The summed E-state index contributed by atoms with van der Waals surface area (Å²) in [7, 11) is 0. The molecule has 0 spiro atoms. The van der Waals surface area contributed by atoms with Gasteiger partial charge in [0, 0.05) is 67.2 Å². The molecule has 0 radical (unpaired) electrons. The zero-order chi connectivity index (χ0) is 20.7. The standard InChI is InChI=1S/C21H23N9/c1-14-11-18(30-21(25-14)23-13-24-30)28-7-9-29(10-8-28)20-15(2)16(3)26-19(27-20)17-5-4-6-22-12-17/h4-6,11-13H,7-10H2,1-3H3. The van der Waals surface area contributed by atoms with Gasteiger partial charge in [-0.3, -0.25) is 4.98 Å². The van der Waals surface area contributed by atoms with Gasteiger partial charge in [-0.05, 0) is 32.9 Å². The van der Waals surface area contributed by atoms with Crippen molar-refractivity contribution in [3.05, 3.63) is 53.9 Å². The summed E-state index contributed by atoms with van der Waals surface area (Å²) >= 11 is 0. The SMILES string of the molecule is Cc1cc(N2CCN(c3nc(-c4cccnc4)nc(C)c3C)CC2)n2ncnc2n1. The quantitative estimate of drug-likeness (QED) is 0.516. The lowest BCUT2D eigenvalue weighted by atomic mass is 10.2. The van der Waals surface area contributed by atoms with Crippen molar-refractivity contribution in [2.24, 2.45) is 0 Å². The third-order valence-corrected chi connectivity index (χ3v) is 5.55. The van der Waals surface area contributed by atoms with E-state index < -0.39 is 0 Å². The summed E-state index contributed by atoms with van der Waals surface area (Å²) in [5.41, 5.74) is 3.99. The molecule has 1 aliphatic heterocycles. The molecular formula is C21H23N9. The largest absolute Gasteiger partial charge is 0.353 e. The lowest BCUT2D eigenvalue weighted by Crippen LogP contribution is -2.47. The van der Waals surface area contributed by atoms with Gasteiger partial charge in [-0.15, -0.1) is 0 Å². The second-order valence-electron chi connectivity index (χ2n) is 7.52. The minimum absolute atomic E-state index is 0.635. The van der Waals surface area contributed by atoms with Crippen LogP contribution in [0.15, 0.2) is 36.9 Å². The number of hydrogen-bond donors (Lipinski definition) is 0. The van der Waals surface area contributed by atoms with Crippen molar-refractivity contribution in [3.63, 3.8) is 0 Å². The molecule has 0 aliphatic carbocycles. The van der Waals surface area contributed by atoms with Gasteiger partial charge in [0.2, 0.25) is 0 Å². The number of anilines is 2. The van der Waals surface area contributed by atoms with Gasteiger partial charge in [-0.2, -0.15) is 14.6 Å². The highest BCUT2D eigenvalue weighted by Crippen LogP contribution is 2.26. The van der Waals surface area contributed by atoms with Crippen LogP contribution in [0.3, 0.4) is 0 Å². The number of hydrogen-bond acceptors (Lipinski definition) is 8. The molecular weight excluding hydrogens is 378 g/mol. The number of piperazine rings is 1. The van der Waals surface area contributed by atoms with Gasteiger partial charge in [0.1, 0.15) is 18.0 Å². The van der Waals surface area contributed by atoms with Crippen LogP contribution >= 0.6 is 0 Å². The lowest BCUT2D eigenvalue weighted by molar-refractivity contribution is 0.631. The fourth-order valence-electron chi connectivity index (χ4n) is 3.83. The van der Waals surface area contributed by atoms with Crippen molar-refractivity contribution in [1.29, 1.82) is 0 Å². The van der Waals surface area contributed by atoms with Gasteiger partial charge < -0.3 is 9.80 Å². The zero-order valence-electron chi connectivity index (χ0n) is 17.3. The lowest BCUT2D eigenvalue weighted by Gasteiger charge is -2.37. The molecule has 0 aromatic carbocycles. The molecule has 152 valence electrons. The van der Waals surface area contributed by atoms with Gasteiger partial charge >= 0.3 is 0 Å². The first-order chi connectivity index (χ1) is 14.6. The Morgan fingerprint density at radius 1 is 0.933 bits per heavy atom. The van der Waals surface area contributed by atoms with Crippen molar-refractivity contribution in [3.8, 4) is 11.4 Å². The summed E-state index contributed by atoms with van der Waals surface area (Å²) in [5, 5.41) is 4.34. The number of nitrogens with zero attached hydrogens (tertiary/aromatic N) is 9. The molecule has 0 unspecified atom stereocenters. The van der Waals surface area contributed by atoms with Gasteiger partial charge in [-0.25, -0.2) is 15.0 Å². The second-order valence-corrected chi connectivity index (χ2v) is 7.52. The van der Waals surface area contributed by atoms with Gasteiger partial charge in [-0.1, -0.05) is 0 Å². The highest BCUT2D eigenvalue weighted by Gasteiger charge is 2.23. The number of aryl methyl sites for hydroxylation is 2. The fraction of sp³-hybridized carbons (Fsp3) is 0.333. The van der Waals surface area contributed by atoms with E-state index in [0.29, 0.717) is 5.78 Å². The Balaban J connectivity index is 1.42. The van der Waals surface area contributed by atoms with Crippen LogP contribution in [0.4, 0.5) is 11.6 Å². The second kappa shape index (κ2) is 7.33. The molecule has 30 heavy (non-hydrogen) atoms. The van der Waals surface area contributed by atoms with Crippen LogP contribution in [-0.4, -0.2) is 60.7 Å². The fourth-order valence-corrected chi connectivity index (χ4v) is 3.83. The predicted molar refractivity (Wildman–Crippen MR) is 115 cm³/mol. The maximum absolute atomic E-state index is 4.90. The summed E-state index contributed by atoms with van der Waals surface area (Å²) in [5.74, 6) is 3.38. The minimum Gasteiger partial charge on any atom is -0.353 e. The summed E-state index contributed by atoms with van der Waals surface area (Å²) in [6, 6.07) is 5.97. The molecule has 9 nitrogen and oxygen atoms in total. The first-order valence-electron chi connectivity index (χ1n) is 10.0. The minimum atomic E-state index is 0.635. The van der Waals surface area contributed by atoms with Crippen molar-refractivity contribution >= 4 is 17.4 Å². The van der Waals surface area contributed by atoms with Crippen molar-refractivity contribution in [1.82, 2.24) is 34.5 Å². The molecule has 1 aliphatic rings. The van der Waals surface area contributed by atoms with Crippen LogP contribution in [0.1, 0.15) is 17.0 Å². The van der Waals surface area contributed by atoms with E-state index in [1.807, 2.05) is 30.5 Å². The summed E-state index contributed by atoms with van der Waals surface area (Å²) in [6.07, 6.45) is 5.12. The van der Waals surface area contributed by atoms with E-state index in [1.165, 1.54) is 0 Å². The van der Waals surface area contributed by atoms with E-state index in [-0.39, 0.29) is 0 Å². The van der Waals surface area contributed by atoms with Gasteiger partial charge in [0.25, 0.3) is 5.78 Å². The number of pyridine rings is 1. The Kier molecular flexibility index (Phi) is 4.50. The van der Waals surface area contributed by atoms with E-state index in [4.69, 9.17) is 4.98 Å². The molecule has 0 amide bonds. The zero-order valence-corrected chi connectivity index (χ0v) is 17.3. The molecule has 1 saturated heterocycles. The molecule has 5 rings (SSSR count). The highest BCUT2D eigenvalue weighted by molar-refractivity contribution is 5.60. The summed E-state index contributed by atoms with van der Waals surface area (Å²) in [6.45, 7) is 9.57.